The minimum absolute atomic E-state index is 0.112. The Kier molecular flexibility index (Phi) is 6.40. The van der Waals surface area contributed by atoms with Crippen molar-refractivity contribution in [1.82, 2.24) is 0 Å². The van der Waals surface area contributed by atoms with Crippen molar-refractivity contribution in [2.45, 2.75) is 6.42 Å². The Hall–Kier alpha value is -4.97. The van der Waals surface area contributed by atoms with Crippen molar-refractivity contribution in [3.63, 3.8) is 0 Å². The van der Waals surface area contributed by atoms with E-state index in [1.165, 1.54) is 0 Å². The Labute approximate surface area is 207 Å². The van der Waals surface area contributed by atoms with Crippen LogP contribution in [-0.4, -0.2) is 11.8 Å². The molecule has 176 valence electrons. The predicted molar refractivity (Wildman–Crippen MR) is 141 cm³/mol. The minimum Gasteiger partial charge on any atom is -0.422 e. The molecule has 36 heavy (non-hydrogen) atoms. The molecule has 0 saturated carbocycles. The smallest absolute Gasteiger partial charge is 0.344 e. The largest absolute Gasteiger partial charge is 0.422 e. The van der Waals surface area contributed by atoms with E-state index in [1.807, 2.05) is 48.5 Å². The Morgan fingerprint density at radius 2 is 1.33 bits per heavy atom. The molecule has 1 aromatic heterocycles. The van der Waals surface area contributed by atoms with Crippen molar-refractivity contribution in [2.24, 2.45) is 0 Å². The first-order valence-electron chi connectivity index (χ1n) is 11.4. The Morgan fingerprint density at radius 1 is 0.694 bits per heavy atom. The van der Waals surface area contributed by atoms with Crippen molar-refractivity contribution >= 4 is 34.2 Å². The van der Waals surface area contributed by atoms with Crippen LogP contribution in [0.1, 0.15) is 15.9 Å². The molecule has 0 fully saturated rings. The van der Waals surface area contributed by atoms with E-state index < -0.39 is 5.63 Å². The van der Waals surface area contributed by atoms with Gasteiger partial charge in [-0.15, -0.1) is 0 Å². The SMILES string of the molecule is O=C(Cc1ccccc1)Nc1ccc(NC(=O)c2ccc(-c3cc4ccccc4oc3=O)cc2)cc1. The first kappa shape index (κ1) is 22.8. The molecule has 0 atom stereocenters. The molecule has 0 unspecified atom stereocenters. The standard InChI is InChI=1S/C30H22N2O4/c33-28(18-20-6-2-1-3-7-20)31-24-14-16-25(17-15-24)32-29(34)22-12-10-21(11-13-22)26-19-23-8-4-5-9-27(23)36-30(26)35/h1-17,19H,18H2,(H,31,33)(H,32,34). The fourth-order valence-electron chi connectivity index (χ4n) is 3.89. The summed E-state index contributed by atoms with van der Waals surface area (Å²) < 4.78 is 5.41. The lowest BCUT2D eigenvalue weighted by Crippen LogP contribution is -2.15. The number of benzene rings is 4. The molecule has 0 aliphatic carbocycles. The predicted octanol–water partition coefficient (Wildman–Crippen LogP) is 5.89. The van der Waals surface area contributed by atoms with Gasteiger partial charge in [-0.1, -0.05) is 60.7 Å². The summed E-state index contributed by atoms with van der Waals surface area (Å²) in [6.45, 7) is 0. The van der Waals surface area contributed by atoms with Gasteiger partial charge in [-0.2, -0.15) is 0 Å². The molecular formula is C30H22N2O4. The van der Waals surface area contributed by atoms with Crippen LogP contribution in [0.3, 0.4) is 0 Å². The number of hydrogen-bond donors (Lipinski definition) is 2. The van der Waals surface area contributed by atoms with Crippen LogP contribution in [0.15, 0.2) is 118 Å². The van der Waals surface area contributed by atoms with Crippen LogP contribution >= 0.6 is 0 Å². The third-order valence-corrected chi connectivity index (χ3v) is 5.73. The summed E-state index contributed by atoms with van der Waals surface area (Å²) in [7, 11) is 0. The van der Waals surface area contributed by atoms with Crippen molar-refractivity contribution in [1.29, 1.82) is 0 Å². The maximum absolute atomic E-state index is 12.7. The summed E-state index contributed by atoms with van der Waals surface area (Å²) in [5.74, 6) is -0.397. The quantitative estimate of drug-likeness (QED) is 0.300. The van der Waals surface area contributed by atoms with Gasteiger partial charge in [-0.3, -0.25) is 9.59 Å². The van der Waals surface area contributed by atoms with Gasteiger partial charge >= 0.3 is 5.63 Å². The molecular weight excluding hydrogens is 452 g/mol. The number of carbonyl (C=O) groups excluding carboxylic acids is 2. The third kappa shape index (κ3) is 5.23. The second-order valence-electron chi connectivity index (χ2n) is 8.30. The van der Waals surface area contributed by atoms with Gasteiger partial charge in [0.2, 0.25) is 5.91 Å². The zero-order valence-electron chi connectivity index (χ0n) is 19.2. The Bertz CT molecular complexity index is 1590. The van der Waals surface area contributed by atoms with Crippen LogP contribution in [0, 0.1) is 0 Å². The number of para-hydroxylation sites is 1. The molecule has 0 aliphatic rings. The van der Waals surface area contributed by atoms with Crippen LogP contribution in [0.2, 0.25) is 0 Å². The lowest BCUT2D eigenvalue weighted by atomic mass is 10.0. The van der Waals surface area contributed by atoms with E-state index in [2.05, 4.69) is 10.6 Å². The second kappa shape index (κ2) is 10.1. The molecule has 4 aromatic carbocycles. The van der Waals surface area contributed by atoms with Gasteiger partial charge in [0.05, 0.1) is 12.0 Å². The maximum Gasteiger partial charge on any atom is 0.344 e. The van der Waals surface area contributed by atoms with Gasteiger partial charge in [-0.25, -0.2) is 4.79 Å². The summed E-state index contributed by atoms with van der Waals surface area (Å²) in [6, 6.07) is 32.3. The summed E-state index contributed by atoms with van der Waals surface area (Å²) in [5.41, 5.74) is 3.83. The average Bonchev–Trinajstić information content (AvgIpc) is 2.90. The first-order valence-corrected chi connectivity index (χ1v) is 11.4. The third-order valence-electron chi connectivity index (χ3n) is 5.73. The summed E-state index contributed by atoms with van der Waals surface area (Å²) in [4.78, 5) is 37.4. The number of carbonyl (C=O) groups is 2. The lowest BCUT2D eigenvalue weighted by Gasteiger charge is -2.09. The maximum atomic E-state index is 12.7. The van der Waals surface area contributed by atoms with E-state index in [0.717, 1.165) is 10.9 Å². The topological polar surface area (TPSA) is 88.4 Å². The van der Waals surface area contributed by atoms with Crippen molar-refractivity contribution < 1.29 is 14.0 Å². The van der Waals surface area contributed by atoms with E-state index >= 15 is 0 Å². The van der Waals surface area contributed by atoms with Gasteiger partial charge in [0, 0.05) is 22.3 Å². The average molecular weight is 475 g/mol. The van der Waals surface area contributed by atoms with E-state index in [9.17, 15) is 14.4 Å². The first-order chi connectivity index (χ1) is 17.5. The Morgan fingerprint density at radius 3 is 2.06 bits per heavy atom. The van der Waals surface area contributed by atoms with Gasteiger partial charge < -0.3 is 15.1 Å². The number of anilines is 2. The number of hydrogen-bond acceptors (Lipinski definition) is 4. The normalized spacial score (nSPS) is 10.7. The lowest BCUT2D eigenvalue weighted by molar-refractivity contribution is -0.115. The molecule has 2 N–H and O–H groups in total. The Balaban J connectivity index is 1.22. The van der Waals surface area contributed by atoms with Crippen LogP contribution in [0.25, 0.3) is 22.1 Å². The molecule has 6 heteroatoms. The summed E-state index contributed by atoms with van der Waals surface area (Å²) >= 11 is 0. The van der Waals surface area contributed by atoms with Gasteiger partial charge in [-0.05, 0) is 59.7 Å². The van der Waals surface area contributed by atoms with E-state index in [-0.39, 0.29) is 18.2 Å². The fourth-order valence-corrected chi connectivity index (χ4v) is 3.89. The zero-order valence-corrected chi connectivity index (χ0v) is 19.2. The number of fused-ring (bicyclic) bond motifs is 1. The molecule has 2 amide bonds. The van der Waals surface area contributed by atoms with E-state index in [4.69, 9.17) is 4.42 Å². The summed E-state index contributed by atoms with van der Waals surface area (Å²) in [5, 5.41) is 6.52. The van der Waals surface area contributed by atoms with Crippen molar-refractivity contribution in [3.05, 3.63) is 131 Å². The highest BCUT2D eigenvalue weighted by Gasteiger charge is 2.11. The van der Waals surface area contributed by atoms with Crippen LogP contribution in [-0.2, 0) is 11.2 Å². The number of rotatable bonds is 6. The molecule has 0 bridgehead atoms. The summed E-state index contributed by atoms with van der Waals surface area (Å²) in [6.07, 6.45) is 0.288. The van der Waals surface area contributed by atoms with Gasteiger partial charge in [0.25, 0.3) is 5.91 Å². The number of nitrogens with one attached hydrogen (secondary N) is 2. The molecule has 0 saturated heterocycles. The van der Waals surface area contributed by atoms with Crippen molar-refractivity contribution in [3.8, 4) is 11.1 Å². The molecule has 0 aliphatic heterocycles. The molecule has 0 spiro atoms. The molecule has 6 nitrogen and oxygen atoms in total. The minimum atomic E-state index is -0.429. The molecule has 0 radical (unpaired) electrons. The van der Waals surface area contributed by atoms with E-state index in [1.54, 1.807) is 60.7 Å². The van der Waals surface area contributed by atoms with Gasteiger partial charge in [0.1, 0.15) is 5.58 Å². The number of amides is 2. The van der Waals surface area contributed by atoms with E-state index in [0.29, 0.717) is 33.6 Å². The fraction of sp³-hybridized carbons (Fsp3) is 0.0333. The van der Waals surface area contributed by atoms with Gasteiger partial charge in [0.15, 0.2) is 0 Å². The molecule has 5 rings (SSSR count). The molecule has 5 aromatic rings. The van der Waals surface area contributed by atoms with Crippen LogP contribution in [0.5, 0.6) is 0 Å². The highest BCUT2D eigenvalue weighted by molar-refractivity contribution is 6.04. The highest BCUT2D eigenvalue weighted by Crippen LogP contribution is 2.22. The monoisotopic (exact) mass is 474 g/mol. The van der Waals surface area contributed by atoms with Crippen LogP contribution < -0.4 is 16.3 Å². The zero-order chi connectivity index (χ0) is 24.9. The second-order valence-corrected chi connectivity index (χ2v) is 8.30. The van der Waals surface area contributed by atoms with Crippen LogP contribution in [0.4, 0.5) is 11.4 Å². The molecule has 1 heterocycles. The van der Waals surface area contributed by atoms with Crippen molar-refractivity contribution in [2.75, 3.05) is 10.6 Å². The highest BCUT2D eigenvalue weighted by atomic mass is 16.4.